The quantitative estimate of drug-likeness (QED) is 0.801. The Kier molecular flexibility index (Phi) is 3.54. The number of benzene rings is 2. The van der Waals surface area contributed by atoms with E-state index in [4.69, 9.17) is 0 Å². The lowest BCUT2D eigenvalue weighted by Crippen LogP contribution is -2.26. The molecule has 0 aliphatic rings. The Morgan fingerprint density at radius 1 is 1.10 bits per heavy atom. The first-order valence-electron chi connectivity index (χ1n) is 6.86. The molecule has 2 aromatic carbocycles. The lowest BCUT2D eigenvalue weighted by Gasteiger charge is -2.15. The summed E-state index contributed by atoms with van der Waals surface area (Å²) in [5.74, 6) is 0. The van der Waals surface area contributed by atoms with Crippen molar-refractivity contribution in [3.8, 4) is 0 Å². The van der Waals surface area contributed by atoms with Crippen molar-refractivity contribution in [2.24, 2.45) is 0 Å². The zero-order chi connectivity index (χ0) is 14.8. The van der Waals surface area contributed by atoms with Crippen molar-refractivity contribution < 1.29 is 5.11 Å². The van der Waals surface area contributed by atoms with Gasteiger partial charge in [-0.3, -0.25) is 4.79 Å². The van der Waals surface area contributed by atoms with Gasteiger partial charge in [0.15, 0.2) is 0 Å². The van der Waals surface area contributed by atoms with Crippen molar-refractivity contribution in [3.05, 3.63) is 76.2 Å². The normalized spacial score (nSPS) is 12.5. The highest BCUT2D eigenvalue weighted by Gasteiger charge is 2.13. The molecule has 106 valence electrons. The summed E-state index contributed by atoms with van der Waals surface area (Å²) < 4.78 is 1.59. The molecule has 0 saturated heterocycles. The number of aliphatic hydroxyl groups excluding tert-OH is 1. The highest BCUT2D eigenvalue weighted by atomic mass is 16.3. The zero-order valence-electron chi connectivity index (χ0n) is 11.7. The highest BCUT2D eigenvalue weighted by molar-refractivity contribution is 5.74. The van der Waals surface area contributed by atoms with E-state index in [2.05, 4.69) is 4.98 Å². The molecule has 0 saturated carbocycles. The lowest BCUT2D eigenvalue weighted by atomic mass is 10.1. The van der Waals surface area contributed by atoms with Crippen LogP contribution in [0.2, 0.25) is 0 Å². The Hall–Kier alpha value is -2.46. The predicted octanol–water partition coefficient (Wildman–Crippen LogP) is 2.44. The smallest absolute Gasteiger partial charge is 0.272 e. The van der Waals surface area contributed by atoms with Crippen LogP contribution >= 0.6 is 0 Å². The molecule has 0 radical (unpaired) electrons. The summed E-state index contributed by atoms with van der Waals surface area (Å²) in [4.78, 5) is 16.6. The molecule has 0 aliphatic heterocycles. The van der Waals surface area contributed by atoms with E-state index in [9.17, 15) is 9.90 Å². The summed E-state index contributed by atoms with van der Waals surface area (Å²) in [7, 11) is 0. The van der Waals surface area contributed by atoms with Crippen LogP contribution in [0.25, 0.3) is 11.0 Å². The molecule has 4 nitrogen and oxygen atoms in total. The number of hydrogen-bond acceptors (Lipinski definition) is 3. The van der Waals surface area contributed by atoms with Gasteiger partial charge in [-0.25, -0.2) is 4.98 Å². The molecule has 0 bridgehead atoms. The zero-order valence-corrected chi connectivity index (χ0v) is 11.7. The van der Waals surface area contributed by atoms with Crippen molar-refractivity contribution >= 4 is 11.0 Å². The molecule has 3 rings (SSSR count). The predicted molar refractivity (Wildman–Crippen MR) is 82.1 cm³/mol. The van der Waals surface area contributed by atoms with Gasteiger partial charge in [0.1, 0.15) is 5.69 Å². The highest BCUT2D eigenvalue weighted by Crippen LogP contribution is 2.17. The Labute approximate surface area is 122 Å². The van der Waals surface area contributed by atoms with Gasteiger partial charge < -0.3 is 9.67 Å². The minimum Gasteiger partial charge on any atom is -0.387 e. The van der Waals surface area contributed by atoms with Crippen LogP contribution in [-0.2, 0) is 6.54 Å². The molecule has 1 heterocycles. The molecule has 0 spiro atoms. The van der Waals surface area contributed by atoms with E-state index in [-0.39, 0.29) is 12.1 Å². The molecule has 0 aliphatic carbocycles. The fourth-order valence-electron chi connectivity index (χ4n) is 2.45. The Morgan fingerprint density at radius 3 is 2.52 bits per heavy atom. The van der Waals surface area contributed by atoms with Crippen LogP contribution in [-0.4, -0.2) is 14.7 Å². The summed E-state index contributed by atoms with van der Waals surface area (Å²) in [5, 5.41) is 10.4. The van der Waals surface area contributed by atoms with Gasteiger partial charge in [0.25, 0.3) is 5.56 Å². The third-order valence-corrected chi connectivity index (χ3v) is 3.56. The largest absolute Gasteiger partial charge is 0.387 e. The van der Waals surface area contributed by atoms with Gasteiger partial charge in [-0.1, -0.05) is 42.5 Å². The number of hydrogen-bond donors (Lipinski definition) is 1. The fraction of sp³-hybridized carbons (Fsp3) is 0.176. The number of aliphatic hydroxyl groups is 1. The van der Waals surface area contributed by atoms with Gasteiger partial charge in [0.05, 0.1) is 23.7 Å². The molecule has 21 heavy (non-hydrogen) atoms. The van der Waals surface area contributed by atoms with E-state index >= 15 is 0 Å². The number of rotatable bonds is 3. The van der Waals surface area contributed by atoms with Gasteiger partial charge in [-0.2, -0.15) is 0 Å². The molecule has 0 amide bonds. The molecule has 1 unspecified atom stereocenters. The van der Waals surface area contributed by atoms with Crippen molar-refractivity contribution in [1.82, 2.24) is 9.55 Å². The molecule has 1 atom stereocenters. The number of nitrogens with zero attached hydrogens (tertiary/aromatic N) is 2. The van der Waals surface area contributed by atoms with Crippen LogP contribution in [0.4, 0.5) is 0 Å². The molecule has 1 N–H and O–H groups in total. The van der Waals surface area contributed by atoms with Crippen LogP contribution in [0, 0.1) is 6.92 Å². The Balaban J connectivity index is 2.08. The van der Waals surface area contributed by atoms with E-state index in [1.54, 1.807) is 11.5 Å². The minimum atomic E-state index is -0.728. The Morgan fingerprint density at radius 2 is 1.76 bits per heavy atom. The monoisotopic (exact) mass is 280 g/mol. The number of aromatic nitrogens is 2. The summed E-state index contributed by atoms with van der Waals surface area (Å²) in [6, 6.07) is 16.8. The molecule has 1 aromatic heterocycles. The van der Waals surface area contributed by atoms with E-state index in [1.165, 1.54) is 0 Å². The van der Waals surface area contributed by atoms with E-state index < -0.39 is 6.10 Å². The van der Waals surface area contributed by atoms with Crippen LogP contribution in [0.15, 0.2) is 59.4 Å². The second kappa shape index (κ2) is 5.50. The van der Waals surface area contributed by atoms with Crippen LogP contribution in [0.3, 0.4) is 0 Å². The second-order valence-corrected chi connectivity index (χ2v) is 5.03. The number of para-hydroxylation sites is 2. The van der Waals surface area contributed by atoms with Crippen LogP contribution < -0.4 is 5.56 Å². The van der Waals surface area contributed by atoms with Crippen LogP contribution in [0.1, 0.15) is 17.4 Å². The summed E-state index contributed by atoms with van der Waals surface area (Å²) in [6.07, 6.45) is -0.728. The number of aryl methyl sites for hydroxylation is 1. The van der Waals surface area contributed by atoms with Crippen molar-refractivity contribution in [1.29, 1.82) is 0 Å². The number of fused-ring (bicyclic) bond motifs is 1. The summed E-state index contributed by atoms with van der Waals surface area (Å²) >= 11 is 0. The summed E-state index contributed by atoms with van der Waals surface area (Å²) in [6.45, 7) is 1.91. The first-order chi connectivity index (χ1) is 10.2. The van der Waals surface area contributed by atoms with Gasteiger partial charge in [0, 0.05) is 0 Å². The average Bonchev–Trinajstić information content (AvgIpc) is 2.52. The van der Waals surface area contributed by atoms with Gasteiger partial charge in [-0.15, -0.1) is 0 Å². The van der Waals surface area contributed by atoms with Crippen molar-refractivity contribution in [2.75, 3.05) is 0 Å². The maximum Gasteiger partial charge on any atom is 0.272 e. The van der Waals surface area contributed by atoms with Gasteiger partial charge >= 0.3 is 0 Å². The molecular formula is C17H16N2O2. The van der Waals surface area contributed by atoms with E-state index in [1.807, 2.05) is 54.6 Å². The first kappa shape index (κ1) is 13.5. The molecule has 4 heteroatoms. The van der Waals surface area contributed by atoms with Crippen molar-refractivity contribution in [3.63, 3.8) is 0 Å². The first-order valence-corrected chi connectivity index (χ1v) is 6.86. The summed E-state index contributed by atoms with van der Waals surface area (Å²) in [5.41, 5.74) is 2.57. The SMILES string of the molecule is Cc1nc2ccccc2n(CC(O)c2ccccc2)c1=O. The van der Waals surface area contributed by atoms with Gasteiger partial charge in [0.2, 0.25) is 0 Å². The van der Waals surface area contributed by atoms with E-state index in [0.717, 1.165) is 16.6 Å². The third-order valence-electron chi connectivity index (χ3n) is 3.56. The van der Waals surface area contributed by atoms with Gasteiger partial charge in [-0.05, 0) is 24.6 Å². The maximum atomic E-state index is 12.3. The fourth-order valence-corrected chi connectivity index (χ4v) is 2.45. The second-order valence-electron chi connectivity index (χ2n) is 5.03. The standard InChI is InChI=1S/C17H16N2O2/c1-12-17(21)19(15-10-6-5-9-14(15)18-12)11-16(20)13-7-3-2-4-8-13/h2-10,16,20H,11H2,1H3. The molecular weight excluding hydrogens is 264 g/mol. The lowest BCUT2D eigenvalue weighted by molar-refractivity contribution is 0.156. The Bertz CT molecular complexity index is 825. The third kappa shape index (κ3) is 2.58. The van der Waals surface area contributed by atoms with Crippen molar-refractivity contribution in [2.45, 2.75) is 19.6 Å². The molecule has 3 aromatic rings. The topological polar surface area (TPSA) is 55.1 Å². The average molecular weight is 280 g/mol. The van der Waals surface area contributed by atoms with E-state index in [0.29, 0.717) is 5.69 Å². The maximum absolute atomic E-state index is 12.3. The minimum absolute atomic E-state index is 0.163. The molecule has 0 fully saturated rings. The van der Waals surface area contributed by atoms with Crippen LogP contribution in [0.5, 0.6) is 0 Å².